The molecule has 1 aliphatic heterocycles. The lowest BCUT2D eigenvalue weighted by molar-refractivity contribution is 0.0977. The second-order valence-corrected chi connectivity index (χ2v) is 2.62. The second-order valence-electron chi connectivity index (χ2n) is 2.62. The van der Waals surface area contributed by atoms with Crippen LogP contribution in [0.25, 0.3) is 0 Å². The fraction of sp³-hybridized carbons (Fsp3) is 1.00. The van der Waals surface area contributed by atoms with Gasteiger partial charge in [0.1, 0.15) is 0 Å². The van der Waals surface area contributed by atoms with Crippen LogP contribution in [0.3, 0.4) is 0 Å². The molecule has 2 N–H and O–H groups in total. The van der Waals surface area contributed by atoms with Crippen LogP contribution in [0, 0.1) is 0 Å². The van der Waals surface area contributed by atoms with E-state index in [-0.39, 0.29) is 24.8 Å². The molecule has 0 aromatic carbocycles. The predicted octanol–water partition coefficient (Wildman–Crippen LogP) is 0.428. The van der Waals surface area contributed by atoms with Crippen LogP contribution in [-0.2, 0) is 4.74 Å². The van der Waals surface area contributed by atoms with Crippen LogP contribution in [0.5, 0.6) is 0 Å². The van der Waals surface area contributed by atoms with Crippen molar-refractivity contribution in [2.45, 2.75) is 12.5 Å². The highest BCUT2D eigenvalue weighted by atomic mass is 35.5. The number of hydrogen-bond acceptors (Lipinski definition) is 3. The van der Waals surface area contributed by atoms with Gasteiger partial charge in [-0.1, -0.05) is 0 Å². The van der Waals surface area contributed by atoms with Crippen LogP contribution in [-0.4, -0.2) is 39.4 Å². The summed E-state index contributed by atoms with van der Waals surface area (Å²) in [5.74, 6) is 0. The van der Waals surface area contributed by atoms with E-state index in [0.717, 1.165) is 26.2 Å². The molecule has 0 atom stereocenters. The monoisotopic (exact) mass is 216 g/mol. The molecule has 1 saturated heterocycles. The lowest BCUT2D eigenvalue weighted by atomic mass is 10.3. The lowest BCUT2D eigenvalue weighted by Crippen LogP contribution is -2.41. The number of ether oxygens (including phenoxy) is 1. The molecule has 0 saturated carbocycles. The molecule has 1 fully saturated rings. The van der Waals surface area contributed by atoms with Gasteiger partial charge in [-0.15, -0.1) is 24.8 Å². The minimum Gasteiger partial charge on any atom is -0.379 e. The van der Waals surface area contributed by atoms with Crippen molar-refractivity contribution in [2.24, 2.45) is 0 Å². The van der Waals surface area contributed by atoms with Crippen molar-refractivity contribution < 1.29 is 4.74 Å². The number of hydrogen-bond donors (Lipinski definition) is 2. The molecule has 3 nitrogen and oxygen atoms in total. The summed E-state index contributed by atoms with van der Waals surface area (Å²) in [6.07, 6.45) is 1.57. The molecular formula is C7H18Cl2N2O. The maximum Gasteiger partial charge on any atom is 0.0819 e. The average molecular weight is 217 g/mol. The molecule has 0 spiro atoms. The molecular weight excluding hydrogens is 199 g/mol. The molecule has 0 radical (unpaired) electrons. The van der Waals surface area contributed by atoms with Gasteiger partial charge < -0.3 is 15.4 Å². The Morgan fingerprint density at radius 3 is 2.00 bits per heavy atom. The summed E-state index contributed by atoms with van der Waals surface area (Å²) >= 11 is 0. The van der Waals surface area contributed by atoms with E-state index in [4.69, 9.17) is 4.74 Å². The first-order chi connectivity index (χ1) is 4.93. The van der Waals surface area contributed by atoms with Crippen LogP contribution in [0.2, 0.25) is 0 Å². The topological polar surface area (TPSA) is 33.3 Å². The SMILES string of the molecule is COC1CNCCCNC1.Cl.Cl. The third-order valence-electron chi connectivity index (χ3n) is 1.78. The van der Waals surface area contributed by atoms with Crippen molar-refractivity contribution in [3.63, 3.8) is 0 Å². The van der Waals surface area contributed by atoms with E-state index in [9.17, 15) is 0 Å². The van der Waals surface area contributed by atoms with Gasteiger partial charge in [-0.3, -0.25) is 0 Å². The Kier molecular flexibility index (Phi) is 11.9. The summed E-state index contributed by atoms with van der Waals surface area (Å²) in [5.41, 5.74) is 0. The molecule has 1 aliphatic rings. The smallest absolute Gasteiger partial charge is 0.0819 e. The van der Waals surface area contributed by atoms with E-state index in [0.29, 0.717) is 6.10 Å². The van der Waals surface area contributed by atoms with E-state index in [2.05, 4.69) is 10.6 Å². The number of rotatable bonds is 1. The van der Waals surface area contributed by atoms with Gasteiger partial charge in [-0.25, -0.2) is 0 Å². The van der Waals surface area contributed by atoms with Crippen LogP contribution in [0.1, 0.15) is 6.42 Å². The Hall–Kier alpha value is 0.460. The molecule has 0 unspecified atom stereocenters. The van der Waals surface area contributed by atoms with Crippen molar-refractivity contribution in [2.75, 3.05) is 33.3 Å². The highest BCUT2D eigenvalue weighted by Gasteiger charge is 2.07. The van der Waals surface area contributed by atoms with Crippen LogP contribution in [0.15, 0.2) is 0 Å². The van der Waals surface area contributed by atoms with Gasteiger partial charge >= 0.3 is 0 Å². The Labute approximate surface area is 86.4 Å². The average Bonchev–Trinajstić information content (AvgIpc) is 1.87. The van der Waals surface area contributed by atoms with Gasteiger partial charge in [0, 0.05) is 20.2 Å². The first-order valence-corrected chi connectivity index (χ1v) is 3.87. The highest BCUT2D eigenvalue weighted by Crippen LogP contribution is 1.89. The molecule has 1 heterocycles. The third kappa shape index (κ3) is 6.03. The van der Waals surface area contributed by atoms with E-state index in [1.807, 2.05) is 0 Å². The predicted molar refractivity (Wildman–Crippen MR) is 55.6 cm³/mol. The second kappa shape index (κ2) is 9.55. The van der Waals surface area contributed by atoms with Crippen LogP contribution in [0.4, 0.5) is 0 Å². The first kappa shape index (κ1) is 15.0. The normalized spacial score (nSPS) is 19.8. The quantitative estimate of drug-likeness (QED) is 0.668. The summed E-state index contributed by atoms with van der Waals surface area (Å²) < 4.78 is 5.20. The highest BCUT2D eigenvalue weighted by molar-refractivity contribution is 5.85. The van der Waals surface area contributed by atoms with Gasteiger partial charge in [-0.05, 0) is 19.5 Å². The Morgan fingerprint density at radius 1 is 1.08 bits per heavy atom. The maximum absolute atomic E-state index is 5.20. The molecule has 0 bridgehead atoms. The van der Waals surface area contributed by atoms with E-state index >= 15 is 0 Å². The summed E-state index contributed by atoms with van der Waals surface area (Å²) in [6.45, 7) is 4.16. The zero-order valence-electron chi connectivity index (χ0n) is 7.34. The number of methoxy groups -OCH3 is 1. The van der Waals surface area contributed by atoms with Crippen molar-refractivity contribution in [1.29, 1.82) is 0 Å². The third-order valence-corrected chi connectivity index (χ3v) is 1.78. The minimum atomic E-state index is 0. The van der Waals surface area contributed by atoms with Crippen molar-refractivity contribution in [3.05, 3.63) is 0 Å². The Balaban J connectivity index is 0. The van der Waals surface area contributed by atoms with E-state index in [1.54, 1.807) is 7.11 Å². The maximum atomic E-state index is 5.20. The zero-order chi connectivity index (χ0) is 7.23. The molecule has 0 amide bonds. The first-order valence-electron chi connectivity index (χ1n) is 3.87. The molecule has 12 heavy (non-hydrogen) atoms. The fourth-order valence-electron chi connectivity index (χ4n) is 1.10. The largest absolute Gasteiger partial charge is 0.379 e. The summed E-state index contributed by atoms with van der Waals surface area (Å²) in [5, 5.41) is 6.65. The summed E-state index contributed by atoms with van der Waals surface area (Å²) in [7, 11) is 1.76. The zero-order valence-corrected chi connectivity index (χ0v) is 8.97. The summed E-state index contributed by atoms with van der Waals surface area (Å²) in [6, 6.07) is 0. The van der Waals surface area contributed by atoms with Gasteiger partial charge in [0.05, 0.1) is 6.10 Å². The molecule has 5 heteroatoms. The van der Waals surface area contributed by atoms with Gasteiger partial charge in [-0.2, -0.15) is 0 Å². The fourth-order valence-corrected chi connectivity index (χ4v) is 1.10. The standard InChI is InChI=1S/C7H16N2O.2ClH/c1-10-7-5-8-3-2-4-9-6-7;;/h7-9H,2-6H2,1H3;2*1H. The van der Waals surface area contributed by atoms with Crippen LogP contribution < -0.4 is 10.6 Å². The molecule has 0 aromatic heterocycles. The Bertz CT molecular complexity index is 87.5. The number of halogens is 2. The lowest BCUT2D eigenvalue weighted by Gasteiger charge is -2.19. The molecule has 0 aliphatic carbocycles. The summed E-state index contributed by atoms with van der Waals surface area (Å²) in [4.78, 5) is 0. The molecule has 1 rings (SSSR count). The van der Waals surface area contributed by atoms with Crippen LogP contribution >= 0.6 is 24.8 Å². The van der Waals surface area contributed by atoms with Gasteiger partial charge in [0.15, 0.2) is 0 Å². The van der Waals surface area contributed by atoms with E-state index < -0.39 is 0 Å². The molecule has 0 aromatic rings. The Morgan fingerprint density at radius 2 is 1.58 bits per heavy atom. The van der Waals surface area contributed by atoms with Gasteiger partial charge in [0.25, 0.3) is 0 Å². The van der Waals surface area contributed by atoms with Crippen molar-refractivity contribution >= 4 is 24.8 Å². The minimum absolute atomic E-state index is 0. The van der Waals surface area contributed by atoms with Crippen molar-refractivity contribution in [1.82, 2.24) is 10.6 Å². The van der Waals surface area contributed by atoms with Crippen molar-refractivity contribution in [3.8, 4) is 0 Å². The number of nitrogens with one attached hydrogen (secondary N) is 2. The van der Waals surface area contributed by atoms with Gasteiger partial charge in [0.2, 0.25) is 0 Å². The molecule has 76 valence electrons. The van der Waals surface area contributed by atoms with E-state index in [1.165, 1.54) is 6.42 Å².